The fraction of sp³-hybridized carbons (Fsp3) is 0.100. The summed E-state index contributed by atoms with van der Waals surface area (Å²) in [5, 5.41) is 8.90. The molecule has 2 rings (SSSR count). The Morgan fingerprint density at radius 1 is 1.44 bits per heavy atom. The summed E-state index contributed by atoms with van der Waals surface area (Å²) in [5.41, 5.74) is 0.251. The zero-order valence-electron chi connectivity index (χ0n) is 7.94. The van der Waals surface area contributed by atoms with Gasteiger partial charge in [-0.15, -0.1) is 0 Å². The predicted molar refractivity (Wildman–Crippen MR) is 55.8 cm³/mol. The number of carbonyl (C=O) groups is 1. The van der Waals surface area contributed by atoms with Gasteiger partial charge in [0.1, 0.15) is 11.3 Å². The summed E-state index contributed by atoms with van der Waals surface area (Å²) >= 11 is 5.60. The lowest BCUT2D eigenvalue weighted by Crippen LogP contribution is -2.05. The van der Waals surface area contributed by atoms with E-state index in [4.69, 9.17) is 16.7 Å². The molecule has 16 heavy (non-hydrogen) atoms. The van der Waals surface area contributed by atoms with E-state index in [9.17, 15) is 9.18 Å². The van der Waals surface area contributed by atoms with Crippen LogP contribution in [0.1, 0.15) is 5.69 Å². The normalized spacial score (nSPS) is 10.6. The van der Waals surface area contributed by atoms with Crippen molar-refractivity contribution in [3.63, 3.8) is 0 Å². The molecular weight excluding hydrogens is 235 g/mol. The molecule has 0 saturated carbocycles. The molecule has 1 aromatic carbocycles. The summed E-state index contributed by atoms with van der Waals surface area (Å²) in [4.78, 5) is 18.1. The molecule has 0 aliphatic carbocycles. The topological polar surface area (TPSA) is 63.1 Å². The maximum absolute atomic E-state index is 13.4. The van der Waals surface area contributed by atoms with Gasteiger partial charge in [-0.1, -0.05) is 12.1 Å². The van der Waals surface area contributed by atoms with Crippen LogP contribution in [0.2, 0.25) is 5.28 Å². The fourth-order valence-electron chi connectivity index (χ4n) is 1.43. The second-order valence-corrected chi connectivity index (χ2v) is 3.48. The summed E-state index contributed by atoms with van der Waals surface area (Å²) in [7, 11) is 0. The van der Waals surface area contributed by atoms with Gasteiger partial charge in [-0.05, 0) is 17.7 Å². The third-order valence-corrected chi connectivity index (χ3v) is 2.22. The van der Waals surface area contributed by atoms with Gasteiger partial charge in [0.05, 0.1) is 12.1 Å². The molecule has 0 unspecified atom stereocenters. The van der Waals surface area contributed by atoms with Crippen LogP contribution in [-0.4, -0.2) is 21.0 Å². The zero-order chi connectivity index (χ0) is 11.7. The number of hydrogen-bond donors (Lipinski definition) is 1. The number of para-hydroxylation sites is 1. The molecule has 1 aromatic heterocycles. The molecule has 1 heterocycles. The Balaban J connectivity index is 2.72. The van der Waals surface area contributed by atoms with Gasteiger partial charge in [0, 0.05) is 5.39 Å². The molecular formula is C10H6ClFN2O2. The Kier molecular flexibility index (Phi) is 2.70. The number of benzene rings is 1. The summed E-state index contributed by atoms with van der Waals surface area (Å²) in [6.07, 6.45) is -0.317. The van der Waals surface area contributed by atoms with E-state index in [0.717, 1.165) is 0 Å². The molecule has 6 heteroatoms. The monoisotopic (exact) mass is 240 g/mol. The summed E-state index contributed by atoms with van der Waals surface area (Å²) in [5.74, 6) is -1.60. The lowest BCUT2D eigenvalue weighted by molar-refractivity contribution is -0.136. The van der Waals surface area contributed by atoms with Crippen molar-refractivity contribution >= 4 is 28.5 Å². The quantitative estimate of drug-likeness (QED) is 0.816. The van der Waals surface area contributed by atoms with Crippen molar-refractivity contribution in [1.82, 2.24) is 9.97 Å². The first-order chi connectivity index (χ1) is 7.58. The zero-order valence-corrected chi connectivity index (χ0v) is 8.70. The highest BCUT2D eigenvalue weighted by Crippen LogP contribution is 2.20. The molecule has 82 valence electrons. The minimum Gasteiger partial charge on any atom is -0.481 e. The Labute approximate surface area is 94.7 Å². The molecule has 0 amide bonds. The van der Waals surface area contributed by atoms with Crippen LogP contribution in [0.15, 0.2) is 18.2 Å². The van der Waals surface area contributed by atoms with Gasteiger partial charge < -0.3 is 5.11 Å². The minimum atomic E-state index is -1.06. The van der Waals surface area contributed by atoms with Gasteiger partial charge in [0.25, 0.3) is 0 Å². The van der Waals surface area contributed by atoms with Crippen molar-refractivity contribution in [2.75, 3.05) is 0 Å². The second kappa shape index (κ2) is 4.02. The number of rotatable bonds is 2. The van der Waals surface area contributed by atoms with E-state index >= 15 is 0 Å². The van der Waals surface area contributed by atoms with Crippen LogP contribution in [0.3, 0.4) is 0 Å². The first-order valence-corrected chi connectivity index (χ1v) is 4.78. The molecule has 0 aliphatic rings. The molecule has 0 aliphatic heterocycles. The number of nitrogens with zero attached hydrogens (tertiary/aromatic N) is 2. The van der Waals surface area contributed by atoms with Crippen molar-refractivity contribution in [2.45, 2.75) is 6.42 Å². The maximum atomic E-state index is 13.4. The summed E-state index contributed by atoms with van der Waals surface area (Å²) in [6, 6.07) is 4.27. The van der Waals surface area contributed by atoms with Crippen LogP contribution in [0, 0.1) is 5.82 Å². The highest BCUT2D eigenvalue weighted by Gasteiger charge is 2.12. The van der Waals surface area contributed by atoms with Crippen LogP contribution >= 0.6 is 11.6 Å². The van der Waals surface area contributed by atoms with Gasteiger partial charge >= 0.3 is 5.97 Å². The van der Waals surface area contributed by atoms with Gasteiger partial charge in [-0.25, -0.2) is 14.4 Å². The van der Waals surface area contributed by atoms with E-state index in [1.54, 1.807) is 6.07 Å². The molecule has 4 nitrogen and oxygen atoms in total. The number of hydrogen-bond acceptors (Lipinski definition) is 3. The van der Waals surface area contributed by atoms with Crippen LogP contribution in [0.4, 0.5) is 4.39 Å². The predicted octanol–water partition coefficient (Wildman–Crippen LogP) is 2.05. The number of halogens is 2. The first kappa shape index (κ1) is 10.8. The molecule has 0 radical (unpaired) electrons. The van der Waals surface area contributed by atoms with Crippen LogP contribution in [0.25, 0.3) is 10.9 Å². The molecule has 0 bridgehead atoms. The largest absolute Gasteiger partial charge is 0.481 e. The average Bonchev–Trinajstić information content (AvgIpc) is 2.18. The fourth-order valence-corrected chi connectivity index (χ4v) is 1.62. The van der Waals surface area contributed by atoms with E-state index in [-0.39, 0.29) is 22.9 Å². The lowest BCUT2D eigenvalue weighted by atomic mass is 10.1. The summed E-state index contributed by atoms with van der Waals surface area (Å²) < 4.78 is 13.4. The molecule has 0 spiro atoms. The van der Waals surface area contributed by atoms with Gasteiger partial charge in [-0.2, -0.15) is 0 Å². The number of aliphatic carboxylic acids is 1. The van der Waals surface area contributed by atoms with Gasteiger partial charge in [0.2, 0.25) is 5.28 Å². The Morgan fingerprint density at radius 3 is 2.88 bits per heavy atom. The van der Waals surface area contributed by atoms with Crippen molar-refractivity contribution < 1.29 is 14.3 Å². The van der Waals surface area contributed by atoms with E-state index in [0.29, 0.717) is 5.39 Å². The third-order valence-electron chi connectivity index (χ3n) is 2.05. The highest BCUT2D eigenvalue weighted by atomic mass is 35.5. The van der Waals surface area contributed by atoms with Crippen LogP contribution in [-0.2, 0) is 11.2 Å². The highest BCUT2D eigenvalue weighted by molar-refractivity contribution is 6.28. The van der Waals surface area contributed by atoms with E-state index < -0.39 is 11.8 Å². The first-order valence-electron chi connectivity index (χ1n) is 4.40. The molecule has 0 saturated heterocycles. The Morgan fingerprint density at radius 2 is 2.19 bits per heavy atom. The van der Waals surface area contributed by atoms with Gasteiger partial charge in [0.15, 0.2) is 0 Å². The van der Waals surface area contributed by atoms with Crippen molar-refractivity contribution in [1.29, 1.82) is 0 Å². The number of carboxylic acid groups (broad SMARTS) is 1. The lowest BCUT2D eigenvalue weighted by Gasteiger charge is -2.04. The van der Waals surface area contributed by atoms with Crippen molar-refractivity contribution in [3.8, 4) is 0 Å². The SMILES string of the molecule is O=C(O)Cc1nc(Cl)nc2c(F)cccc12. The van der Waals surface area contributed by atoms with Crippen LogP contribution < -0.4 is 0 Å². The van der Waals surface area contributed by atoms with Gasteiger partial charge in [-0.3, -0.25) is 4.79 Å². The smallest absolute Gasteiger partial charge is 0.309 e. The standard InChI is InChI=1S/C10H6ClFN2O2/c11-10-13-7(4-8(15)16)5-2-1-3-6(12)9(5)14-10/h1-3H,4H2,(H,15,16). The maximum Gasteiger partial charge on any atom is 0.309 e. The number of carboxylic acids is 1. The third kappa shape index (κ3) is 1.94. The van der Waals surface area contributed by atoms with E-state index in [1.165, 1.54) is 12.1 Å². The molecule has 1 N–H and O–H groups in total. The molecule has 0 fully saturated rings. The summed E-state index contributed by atoms with van der Waals surface area (Å²) in [6.45, 7) is 0. The van der Waals surface area contributed by atoms with Crippen molar-refractivity contribution in [2.24, 2.45) is 0 Å². The number of fused-ring (bicyclic) bond motifs is 1. The van der Waals surface area contributed by atoms with Crippen LogP contribution in [0.5, 0.6) is 0 Å². The van der Waals surface area contributed by atoms with E-state index in [1.807, 2.05) is 0 Å². The Bertz CT molecular complexity index is 574. The molecule has 2 aromatic rings. The van der Waals surface area contributed by atoms with E-state index in [2.05, 4.69) is 9.97 Å². The number of aromatic nitrogens is 2. The molecule has 0 atom stereocenters. The second-order valence-electron chi connectivity index (χ2n) is 3.15. The van der Waals surface area contributed by atoms with Crippen molar-refractivity contribution in [3.05, 3.63) is 35.0 Å². The minimum absolute atomic E-state index is 0.0405. The average molecular weight is 241 g/mol. The Hall–Kier alpha value is -1.75.